The van der Waals surface area contributed by atoms with Crippen molar-refractivity contribution in [3.63, 3.8) is 0 Å². The summed E-state index contributed by atoms with van der Waals surface area (Å²) >= 11 is 2.13. The Kier molecular flexibility index (Phi) is 6.08. The number of carbonyl (C=O) groups is 1. The van der Waals surface area contributed by atoms with Crippen molar-refractivity contribution >= 4 is 44.6 Å². The van der Waals surface area contributed by atoms with Crippen LogP contribution >= 0.6 is 22.6 Å². The van der Waals surface area contributed by atoms with Crippen LogP contribution in [0.2, 0.25) is 0 Å². The molecular weight excluding hydrogens is 475 g/mol. The van der Waals surface area contributed by atoms with E-state index in [-0.39, 0.29) is 16.4 Å². The minimum atomic E-state index is -3.91. The SMILES string of the molecule is O=C(/C=C/c1ccc(S(=O)(=O)Oc2ccc(I)cc2)cc1)c1ccccc1. The molecule has 0 bridgehead atoms. The predicted octanol–water partition coefficient (Wildman–Crippen LogP) is 4.96. The van der Waals surface area contributed by atoms with E-state index in [0.717, 1.165) is 3.57 Å². The summed E-state index contributed by atoms with van der Waals surface area (Å²) in [5.74, 6) is 0.141. The molecule has 0 aliphatic carbocycles. The first-order valence-electron chi connectivity index (χ1n) is 8.02. The lowest BCUT2D eigenvalue weighted by Gasteiger charge is -2.07. The molecule has 0 spiro atoms. The maximum atomic E-state index is 12.4. The summed E-state index contributed by atoms with van der Waals surface area (Å²) in [7, 11) is -3.91. The van der Waals surface area contributed by atoms with Crippen LogP contribution in [0.25, 0.3) is 6.08 Å². The third kappa shape index (κ3) is 5.27. The Labute approximate surface area is 171 Å². The minimum Gasteiger partial charge on any atom is -0.379 e. The van der Waals surface area contributed by atoms with Crippen LogP contribution < -0.4 is 4.18 Å². The zero-order chi connectivity index (χ0) is 19.3. The van der Waals surface area contributed by atoms with Crippen molar-refractivity contribution in [2.24, 2.45) is 0 Å². The average Bonchev–Trinajstić information content (AvgIpc) is 2.69. The molecule has 27 heavy (non-hydrogen) atoms. The van der Waals surface area contributed by atoms with Gasteiger partial charge in [-0.05, 0) is 70.6 Å². The monoisotopic (exact) mass is 490 g/mol. The maximum Gasteiger partial charge on any atom is 0.339 e. The molecule has 136 valence electrons. The molecule has 0 N–H and O–H groups in total. The number of rotatable bonds is 6. The van der Waals surface area contributed by atoms with Crippen LogP contribution in [0.5, 0.6) is 5.75 Å². The molecule has 0 heterocycles. The van der Waals surface area contributed by atoms with Gasteiger partial charge in [0, 0.05) is 9.13 Å². The molecule has 0 saturated carbocycles. The molecule has 0 saturated heterocycles. The number of hydrogen-bond acceptors (Lipinski definition) is 4. The molecule has 0 atom stereocenters. The van der Waals surface area contributed by atoms with Crippen molar-refractivity contribution in [1.29, 1.82) is 0 Å². The molecule has 6 heteroatoms. The largest absolute Gasteiger partial charge is 0.379 e. The second-order valence-electron chi connectivity index (χ2n) is 5.62. The topological polar surface area (TPSA) is 60.4 Å². The molecule has 0 radical (unpaired) electrons. The quantitative estimate of drug-likeness (QED) is 0.212. The molecule has 4 nitrogen and oxygen atoms in total. The van der Waals surface area contributed by atoms with E-state index < -0.39 is 10.1 Å². The Morgan fingerprint density at radius 1 is 0.852 bits per heavy atom. The van der Waals surface area contributed by atoms with Gasteiger partial charge in [0.05, 0.1) is 0 Å². The molecule has 0 unspecified atom stereocenters. The normalized spacial score (nSPS) is 11.4. The van der Waals surface area contributed by atoms with Crippen LogP contribution in [0.15, 0.2) is 89.8 Å². The molecule has 0 amide bonds. The molecule has 0 fully saturated rings. The highest BCUT2D eigenvalue weighted by Gasteiger charge is 2.16. The van der Waals surface area contributed by atoms with Crippen LogP contribution in [-0.2, 0) is 10.1 Å². The number of carbonyl (C=O) groups excluding carboxylic acids is 1. The Hall–Kier alpha value is -2.45. The number of ketones is 1. The van der Waals surface area contributed by atoms with Gasteiger partial charge in [-0.15, -0.1) is 0 Å². The summed E-state index contributed by atoms with van der Waals surface area (Å²) in [4.78, 5) is 12.1. The Balaban J connectivity index is 1.71. The molecule has 0 aliphatic heterocycles. The van der Waals surface area contributed by atoms with Crippen LogP contribution in [0.3, 0.4) is 0 Å². The van der Waals surface area contributed by atoms with E-state index in [1.807, 2.05) is 6.07 Å². The summed E-state index contributed by atoms with van der Waals surface area (Å²) in [5, 5.41) is 0. The second-order valence-corrected chi connectivity index (χ2v) is 8.42. The van der Waals surface area contributed by atoms with E-state index in [4.69, 9.17) is 4.18 Å². The van der Waals surface area contributed by atoms with Crippen molar-refractivity contribution in [1.82, 2.24) is 0 Å². The fourth-order valence-electron chi connectivity index (χ4n) is 2.28. The van der Waals surface area contributed by atoms with Crippen molar-refractivity contribution < 1.29 is 17.4 Å². The predicted molar refractivity (Wildman–Crippen MR) is 113 cm³/mol. The third-order valence-electron chi connectivity index (χ3n) is 3.67. The lowest BCUT2D eigenvalue weighted by atomic mass is 10.1. The summed E-state index contributed by atoms with van der Waals surface area (Å²) in [5.41, 5.74) is 1.31. The summed E-state index contributed by atoms with van der Waals surface area (Å²) < 4.78 is 30.8. The van der Waals surface area contributed by atoms with Gasteiger partial charge in [-0.3, -0.25) is 4.79 Å². The van der Waals surface area contributed by atoms with Crippen LogP contribution in [-0.4, -0.2) is 14.2 Å². The molecule has 3 aromatic carbocycles. The zero-order valence-corrected chi connectivity index (χ0v) is 17.1. The zero-order valence-electron chi connectivity index (χ0n) is 14.1. The fourth-order valence-corrected chi connectivity index (χ4v) is 3.57. The van der Waals surface area contributed by atoms with E-state index >= 15 is 0 Å². The van der Waals surface area contributed by atoms with Crippen molar-refractivity contribution in [3.05, 3.63) is 99.6 Å². The summed E-state index contributed by atoms with van der Waals surface area (Å²) in [6.07, 6.45) is 3.10. The summed E-state index contributed by atoms with van der Waals surface area (Å²) in [6.45, 7) is 0. The fraction of sp³-hybridized carbons (Fsp3) is 0. The Bertz CT molecular complexity index is 1060. The van der Waals surface area contributed by atoms with Gasteiger partial charge in [-0.1, -0.05) is 48.5 Å². The summed E-state index contributed by atoms with van der Waals surface area (Å²) in [6, 6.07) is 21.8. The second kappa shape index (κ2) is 8.49. The molecule has 3 rings (SSSR count). The minimum absolute atomic E-state index is 0.0487. The van der Waals surface area contributed by atoms with Gasteiger partial charge in [0.1, 0.15) is 10.6 Å². The van der Waals surface area contributed by atoms with Crippen LogP contribution in [0.4, 0.5) is 0 Å². The molecule has 3 aromatic rings. The molecule has 0 aliphatic rings. The lowest BCUT2D eigenvalue weighted by molar-refractivity contribution is 0.104. The first kappa shape index (κ1) is 19.3. The average molecular weight is 490 g/mol. The third-order valence-corrected chi connectivity index (χ3v) is 5.65. The van der Waals surface area contributed by atoms with Gasteiger partial charge in [0.2, 0.25) is 0 Å². The number of halogens is 1. The van der Waals surface area contributed by atoms with E-state index in [1.165, 1.54) is 18.2 Å². The van der Waals surface area contributed by atoms with Gasteiger partial charge < -0.3 is 4.18 Å². The van der Waals surface area contributed by atoms with E-state index in [1.54, 1.807) is 66.7 Å². The van der Waals surface area contributed by atoms with Gasteiger partial charge >= 0.3 is 10.1 Å². The smallest absolute Gasteiger partial charge is 0.339 e. The highest BCUT2D eigenvalue weighted by atomic mass is 127. The number of hydrogen-bond donors (Lipinski definition) is 0. The maximum absolute atomic E-state index is 12.4. The van der Waals surface area contributed by atoms with E-state index in [0.29, 0.717) is 11.1 Å². The van der Waals surface area contributed by atoms with Gasteiger partial charge in [0.25, 0.3) is 0 Å². The van der Waals surface area contributed by atoms with Crippen molar-refractivity contribution in [3.8, 4) is 5.75 Å². The van der Waals surface area contributed by atoms with Crippen molar-refractivity contribution in [2.75, 3.05) is 0 Å². The number of allylic oxidation sites excluding steroid dienone is 1. The lowest BCUT2D eigenvalue weighted by Crippen LogP contribution is -2.09. The van der Waals surface area contributed by atoms with Crippen LogP contribution in [0.1, 0.15) is 15.9 Å². The molecular formula is C21H15IO4S. The highest BCUT2D eigenvalue weighted by molar-refractivity contribution is 14.1. The molecule has 0 aromatic heterocycles. The van der Waals surface area contributed by atoms with Crippen LogP contribution in [0, 0.1) is 3.57 Å². The first-order chi connectivity index (χ1) is 12.9. The van der Waals surface area contributed by atoms with Gasteiger partial charge in [-0.25, -0.2) is 0 Å². The Morgan fingerprint density at radius 3 is 2.11 bits per heavy atom. The standard InChI is InChI=1S/C21H15IO4S/c22-18-9-11-19(12-10-18)26-27(24,25)20-13-6-16(7-14-20)8-15-21(23)17-4-2-1-3-5-17/h1-15H/b15-8+. The van der Waals surface area contributed by atoms with Gasteiger partial charge in [0.15, 0.2) is 5.78 Å². The van der Waals surface area contributed by atoms with Gasteiger partial charge in [-0.2, -0.15) is 8.42 Å². The number of benzene rings is 3. The van der Waals surface area contributed by atoms with Crippen molar-refractivity contribution in [2.45, 2.75) is 4.90 Å². The highest BCUT2D eigenvalue weighted by Crippen LogP contribution is 2.20. The first-order valence-corrected chi connectivity index (χ1v) is 10.5. The van der Waals surface area contributed by atoms with E-state index in [2.05, 4.69) is 22.6 Å². The Morgan fingerprint density at radius 2 is 1.48 bits per heavy atom. The van der Waals surface area contributed by atoms with E-state index in [9.17, 15) is 13.2 Å².